The number of benzene rings is 1. The molecule has 36 heavy (non-hydrogen) atoms. The molecule has 0 bridgehead atoms. The summed E-state index contributed by atoms with van der Waals surface area (Å²) in [6.07, 6.45) is 14.0. The van der Waals surface area contributed by atoms with Crippen molar-refractivity contribution in [1.29, 1.82) is 0 Å². The molecule has 0 radical (unpaired) electrons. The molecule has 8 heteroatoms. The third kappa shape index (κ3) is 7.64. The molecule has 192 valence electrons. The van der Waals surface area contributed by atoms with Gasteiger partial charge >= 0.3 is 11.9 Å². The number of hydrogen-bond acceptors (Lipinski definition) is 5. The Balaban J connectivity index is 1.81. The standard InChI is InChI=1S/C28H32ClNO4S2/c1-16(26(31)32)18(3)35-28(36-19(4)17(2)27(33)34)22-7-5-6-20(14-22)8-12-24-13-10-21-9-11-23(29)15-25(21)30-24/h5-19,21,25,28H,1-4H3,(H,31,32)(H,33,34)/t16-,17-,18+,19+,21?,25?/m1/s1. The number of carboxylic acids is 2. The van der Waals surface area contributed by atoms with Crippen LogP contribution in [0.15, 0.2) is 70.7 Å². The van der Waals surface area contributed by atoms with Crippen LogP contribution in [-0.4, -0.2) is 44.4 Å². The van der Waals surface area contributed by atoms with E-state index in [1.54, 1.807) is 37.4 Å². The van der Waals surface area contributed by atoms with Crippen molar-refractivity contribution >= 4 is 58.9 Å². The number of nitrogens with zero attached hydrogens (tertiary/aromatic N) is 1. The number of rotatable bonds is 11. The van der Waals surface area contributed by atoms with Gasteiger partial charge in [0.1, 0.15) is 0 Å². The molecular formula is C28H32ClNO4S2. The molecule has 1 aromatic rings. The second-order valence-corrected chi connectivity index (χ2v) is 12.9. The van der Waals surface area contributed by atoms with Crippen LogP contribution >= 0.6 is 35.1 Å². The summed E-state index contributed by atoms with van der Waals surface area (Å²) in [5.74, 6) is -2.49. The van der Waals surface area contributed by atoms with Gasteiger partial charge in [0.2, 0.25) is 0 Å². The van der Waals surface area contributed by atoms with Crippen molar-refractivity contribution in [3.63, 3.8) is 0 Å². The lowest BCUT2D eigenvalue weighted by Crippen LogP contribution is -2.23. The molecule has 3 rings (SSSR count). The monoisotopic (exact) mass is 545 g/mol. The van der Waals surface area contributed by atoms with Gasteiger partial charge in [-0.05, 0) is 41.5 Å². The summed E-state index contributed by atoms with van der Waals surface area (Å²) in [4.78, 5) is 27.9. The van der Waals surface area contributed by atoms with Gasteiger partial charge in [-0.25, -0.2) is 0 Å². The summed E-state index contributed by atoms with van der Waals surface area (Å²) in [6, 6.07) is 8.08. The summed E-state index contributed by atoms with van der Waals surface area (Å²) < 4.78 is -0.110. The Morgan fingerprint density at radius 3 is 2.19 bits per heavy atom. The predicted molar refractivity (Wildman–Crippen MR) is 153 cm³/mol. The average molecular weight is 546 g/mol. The number of hydrogen-bond donors (Lipinski definition) is 2. The fourth-order valence-electron chi connectivity index (χ4n) is 3.68. The fraction of sp³-hybridized carbons (Fsp3) is 0.393. The molecule has 0 amide bonds. The number of thioether (sulfide) groups is 2. The van der Waals surface area contributed by atoms with Crippen molar-refractivity contribution in [2.24, 2.45) is 22.7 Å². The van der Waals surface area contributed by atoms with E-state index in [9.17, 15) is 19.8 Å². The molecule has 1 aromatic carbocycles. The molecule has 1 aliphatic carbocycles. The van der Waals surface area contributed by atoms with E-state index in [1.807, 2.05) is 62.4 Å². The smallest absolute Gasteiger partial charge is 0.307 e. The van der Waals surface area contributed by atoms with E-state index in [4.69, 9.17) is 16.6 Å². The van der Waals surface area contributed by atoms with Crippen LogP contribution in [0.2, 0.25) is 0 Å². The molecule has 0 saturated carbocycles. The van der Waals surface area contributed by atoms with E-state index in [2.05, 4.69) is 18.2 Å². The second kappa shape index (κ2) is 12.8. The molecule has 0 fully saturated rings. The van der Waals surface area contributed by atoms with Gasteiger partial charge in [-0.1, -0.05) is 75.7 Å². The Morgan fingerprint density at radius 2 is 1.58 bits per heavy atom. The van der Waals surface area contributed by atoms with Gasteiger partial charge in [0.25, 0.3) is 0 Å². The Hall–Kier alpha value is -2.22. The van der Waals surface area contributed by atoms with Crippen LogP contribution in [0, 0.1) is 17.8 Å². The molecule has 2 aliphatic rings. The SMILES string of the molecule is C[C@H](SC(S[C@@H](C)[C@@H](C)C(=O)O)c1cccc(C=CC2=NC3C=C(Cl)C=CC3C=C2)c1)[C@@H](C)C(=O)O. The first-order valence-corrected chi connectivity index (χ1v) is 14.2. The zero-order chi connectivity index (χ0) is 26.4. The molecule has 6 atom stereocenters. The second-order valence-electron chi connectivity index (χ2n) is 9.16. The minimum atomic E-state index is -0.837. The topological polar surface area (TPSA) is 87.0 Å². The zero-order valence-electron chi connectivity index (χ0n) is 20.7. The first-order valence-electron chi connectivity index (χ1n) is 11.9. The molecule has 1 heterocycles. The van der Waals surface area contributed by atoms with Crippen LogP contribution in [0.3, 0.4) is 0 Å². The summed E-state index contributed by atoms with van der Waals surface area (Å²) in [5, 5.41) is 19.3. The number of carboxylic acid groups (broad SMARTS) is 2. The van der Waals surface area contributed by atoms with Crippen molar-refractivity contribution in [3.8, 4) is 0 Å². The lowest BCUT2D eigenvalue weighted by atomic mass is 9.92. The maximum absolute atomic E-state index is 11.5. The molecule has 5 nitrogen and oxygen atoms in total. The normalized spacial score (nSPS) is 22.5. The average Bonchev–Trinajstić information content (AvgIpc) is 2.85. The summed E-state index contributed by atoms with van der Waals surface area (Å²) in [7, 11) is 0. The minimum Gasteiger partial charge on any atom is -0.481 e. The first-order chi connectivity index (χ1) is 17.0. The predicted octanol–water partition coefficient (Wildman–Crippen LogP) is 7.07. The number of aliphatic imine (C=N–C) groups is 1. The van der Waals surface area contributed by atoms with Crippen LogP contribution in [-0.2, 0) is 9.59 Å². The quantitative estimate of drug-likeness (QED) is 0.289. The van der Waals surface area contributed by atoms with Crippen molar-refractivity contribution in [2.45, 2.75) is 48.8 Å². The van der Waals surface area contributed by atoms with Gasteiger partial charge in [-0.3, -0.25) is 14.6 Å². The lowest BCUT2D eigenvalue weighted by molar-refractivity contribution is -0.141. The Labute approximate surface area is 226 Å². The maximum atomic E-state index is 11.5. The summed E-state index contributed by atoms with van der Waals surface area (Å²) in [6.45, 7) is 7.23. The van der Waals surface area contributed by atoms with Gasteiger partial charge in [0.05, 0.1) is 28.2 Å². The Morgan fingerprint density at radius 1 is 0.972 bits per heavy atom. The third-order valence-corrected chi connectivity index (χ3v) is 10.1. The highest BCUT2D eigenvalue weighted by molar-refractivity contribution is 8.16. The third-order valence-electron chi connectivity index (χ3n) is 6.48. The number of aliphatic carboxylic acids is 2. The largest absolute Gasteiger partial charge is 0.481 e. The molecule has 2 N–H and O–H groups in total. The van der Waals surface area contributed by atoms with E-state index in [0.717, 1.165) is 16.8 Å². The number of fused-ring (bicyclic) bond motifs is 1. The number of allylic oxidation sites excluding steroid dienone is 4. The molecule has 0 saturated heterocycles. The minimum absolute atomic E-state index is 0.00564. The van der Waals surface area contributed by atoms with Gasteiger partial charge < -0.3 is 10.2 Å². The van der Waals surface area contributed by atoms with Crippen molar-refractivity contribution in [1.82, 2.24) is 0 Å². The van der Waals surface area contributed by atoms with Crippen molar-refractivity contribution in [3.05, 3.63) is 76.9 Å². The van der Waals surface area contributed by atoms with E-state index in [1.165, 1.54) is 0 Å². The van der Waals surface area contributed by atoms with Gasteiger partial charge in [0.15, 0.2) is 0 Å². The summed E-state index contributed by atoms with van der Waals surface area (Å²) in [5.41, 5.74) is 2.88. The highest BCUT2D eigenvalue weighted by Crippen LogP contribution is 2.46. The fourth-order valence-corrected chi connectivity index (χ4v) is 7.28. The van der Waals surface area contributed by atoms with Crippen LogP contribution in [0.5, 0.6) is 0 Å². The molecule has 0 spiro atoms. The highest BCUT2D eigenvalue weighted by atomic mass is 35.5. The Kier molecular flexibility index (Phi) is 10.1. The van der Waals surface area contributed by atoms with Crippen LogP contribution < -0.4 is 0 Å². The van der Waals surface area contributed by atoms with E-state index < -0.39 is 23.8 Å². The van der Waals surface area contributed by atoms with E-state index in [0.29, 0.717) is 5.03 Å². The molecule has 1 aliphatic heterocycles. The van der Waals surface area contributed by atoms with Crippen molar-refractivity contribution < 1.29 is 19.8 Å². The molecule has 0 aromatic heterocycles. The summed E-state index contributed by atoms with van der Waals surface area (Å²) >= 11 is 9.27. The van der Waals surface area contributed by atoms with Gasteiger partial charge in [-0.15, -0.1) is 23.5 Å². The van der Waals surface area contributed by atoms with Gasteiger partial charge in [-0.2, -0.15) is 0 Å². The molecular weight excluding hydrogens is 514 g/mol. The highest BCUT2D eigenvalue weighted by Gasteiger charge is 2.29. The van der Waals surface area contributed by atoms with Crippen molar-refractivity contribution in [2.75, 3.05) is 0 Å². The van der Waals surface area contributed by atoms with E-state index >= 15 is 0 Å². The molecule has 2 unspecified atom stereocenters. The number of halogens is 1. The van der Waals surface area contributed by atoms with Crippen LogP contribution in [0.4, 0.5) is 0 Å². The lowest BCUT2D eigenvalue weighted by Gasteiger charge is -2.27. The van der Waals surface area contributed by atoms with Crippen LogP contribution in [0.1, 0.15) is 43.4 Å². The zero-order valence-corrected chi connectivity index (χ0v) is 23.1. The first kappa shape index (κ1) is 28.4. The number of carbonyl (C=O) groups is 2. The number of dihydropyridines is 1. The van der Waals surface area contributed by atoms with Crippen LogP contribution in [0.25, 0.3) is 6.08 Å². The Bertz CT molecular complexity index is 1100. The van der Waals surface area contributed by atoms with E-state index in [-0.39, 0.29) is 27.0 Å². The van der Waals surface area contributed by atoms with Gasteiger partial charge in [0, 0.05) is 21.5 Å². The maximum Gasteiger partial charge on any atom is 0.307 e.